The first kappa shape index (κ1) is 12.6. The van der Waals surface area contributed by atoms with Gasteiger partial charge in [-0.25, -0.2) is 4.98 Å². The monoisotopic (exact) mass is 246 g/mol. The van der Waals surface area contributed by atoms with E-state index in [0.29, 0.717) is 13.0 Å². The number of imidazole rings is 1. The quantitative estimate of drug-likeness (QED) is 0.878. The van der Waals surface area contributed by atoms with Crippen LogP contribution in [0.5, 0.6) is 5.75 Å². The van der Waals surface area contributed by atoms with Crippen molar-refractivity contribution in [3.8, 4) is 5.75 Å². The number of ether oxygens (including phenoxy) is 1. The number of hydrogen-bond acceptors (Lipinski definition) is 3. The zero-order valence-electron chi connectivity index (χ0n) is 10.7. The normalized spacial score (nSPS) is 12.4. The summed E-state index contributed by atoms with van der Waals surface area (Å²) in [6, 6.07) is 7.55. The van der Waals surface area contributed by atoms with Crippen molar-refractivity contribution in [2.75, 3.05) is 6.61 Å². The van der Waals surface area contributed by atoms with Crippen LogP contribution in [-0.2, 0) is 13.5 Å². The number of aromatic nitrogens is 2. The number of aliphatic hydroxyl groups is 1. The van der Waals surface area contributed by atoms with Gasteiger partial charge in [0, 0.05) is 25.9 Å². The molecule has 0 aliphatic rings. The van der Waals surface area contributed by atoms with Crippen LogP contribution in [0.3, 0.4) is 0 Å². The predicted octanol–water partition coefficient (Wildman–Crippen LogP) is 2.09. The lowest BCUT2D eigenvalue weighted by Gasteiger charge is -2.12. The zero-order chi connectivity index (χ0) is 13.0. The Morgan fingerprint density at radius 3 is 2.94 bits per heavy atom. The number of aryl methyl sites for hydroxylation is 1. The van der Waals surface area contributed by atoms with Gasteiger partial charge in [0.2, 0.25) is 0 Å². The fourth-order valence-electron chi connectivity index (χ4n) is 1.86. The highest BCUT2D eigenvalue weighted by atomic mass is 16.5. The van der Waals surface area contributed by atoms with Crippen LogP contribution in [0.1, 0.15) is 24.4 Å². The molecule has 0 aliphatic heterocycles. The molecule has 0 radical (unpaired) electrons. The molecule has 1 aromatic heterocycles. The molecule has 0 aliphatic carbocycles. The number of benzene rings is 1. The Balaban J connectivity index is 2.11. The van der Waals surface area contributed by atoms with E-state index in [1.807, 2.05) is 49.0 Å². The number of rotatable bonds is 5. The average Bonchev–Trinajstić information content (AvgIpc) is 2.76. The van der Waals surface area contributed by atoms with E-state index in [1.54, 1.807) is 6.20 Å². The lowest BCUT2D eigenvalue weighted by molar-refractivity contribution is 0.174. The third kappa shape index (κ3) is 2.90. The predicted molar refractivity (Wildman–Crippen MR) is 69.5 cm³/mol. The SMILES string of the molecule is CCOc1cccc(C(O)Cc2nccn2C)c1. The summed E-state index contributed by atoms with van der Waals surface area (Å²) >= 11 is 0. The van der Waals surface area contributed by atoms with Crippen molar-refractivity contribution in [2.24, 2.45) is 7.05 Å². The van der Waals surface area contributed by atoms with Gasteiger partial charge in [0.1, 0.15) is 11.6 Å². The first-order valence-corrected chi connectivity index (χ1v) is 6.07. The number of aliphatic hydroxyl groups excluding tert-OH is 1. The summed E-state index contributed by atoms with van der Waals surface area (Å²) in [7, 11) is 1.92. The van der Waals surface area contributed by atoms with E-state index in [1.165, 1.54) is 0 Å². The summed E-state index contributed by atoms with van der Waals surface area (Å²) in [5, 5.41) is 10.2. The molecular formula is C14H18N2O2. The van der Waals surface area contributed by atoms with Gasteiger partial charge in [-0.15, -0.1) is 0 Å². The molecule has 2 aromatic rings. The van der Waals surface area contributed by atoms with Crippen molar-refractivity contribution < 1.29 is 9.84 Å². The van der Waals surface area contributed by atoms with Gasteiger partial charge in [-0.3, -0.25) is 0 Å². The maximum atomic E-state index is 10.2. The molecule has 1 aromatic carbocycles. The number of nitrogens with zero attached hydrogens (tertiary/aromatic N) is 2. The summed E-state index contributed by atoms with van der Waals surface area (Å²) in [5.41, 5.74) is 0.851. The van der Waals surface area contributed by atoms with Crippen LogP contribution in [0.15, 0.2) is 36.7 Å². The summed E-state index contributed by atoms with van der Waals surface area (Å²) in [4.78, 5) is 4.21. The lowest BCUT2D eigenvalue weighted by atomic mass is 10.1. The molecule has 1 heterocycles. The minimum absolute atomic E-state index is 0.499. The van der Waals surface area contributed by atoms with Gasteiger partial charge in [-0.05, 0) is 24.6 Å². The highest BCUT2D eigenvalue weighted by Gasteiger charge is 2.12. The smallest absolute Gasteiger partial charge is 0.119 e. The minimum Gasteiger partial charge on any atom is -0.494 e. The first-order chi connectivity index (χ1) is 8.70. The third-order valence-corrected chi connectivity index (χ3v) is 2.85. The van der Waals surface area contributed by atoms with E-state index in [2.05, 4.69) is 4.98 Å². The third-order valence-electron chi connectivity index (χ3n) is 2.85. The second kappa shape index (κ2) is 5.69. The molecule has 96 valence electrons. The van der Waals surface area contributed by atoms with Crippen molar-refractivity contribution >= 4 is 0 Å². The molecule has 1 unspecified atom stereocenters. The summed E-state index contributed by atoms with van der Waals surface area (Å²) in [5.74, 6) is 1.65. The molecular weight excluding hydrogens is 228 g/mol. The molecule has 4 heteroatoms. The van der Waals surface area contributed by atoms with E-state index in [0.717, 1.165) is 17.1 Å². The fraction of sp³-hybridized carbons (Fsp3) is 0.357. The second-order valence-corrected chi connectivity index (χ2v) is 4.18. The topological polar surface area (TPSA) is 47.3 Å². The van der Waals surface area contributed by atoms with Crippen LogP contribution in [-0.4, -0.2) is 21.3 Å². The van der Waals surface area contributed by atoms with Crippen molar-refractivity contribution in [1.82, 2.24) is 9.55 Å². The fourth-order valence-corrected chi connectivity index (χ4v) is 1.86. The summed E-state index contributed by atoms with van der Waals surface area (Å²) < 4.78 is 7.34. The first-order valence-electron chi connectivity index (χ1n) is 6.07. The van der Waals surface area contributed by atoms with Crippen LogP contribution >= 0.6 is 0 Å². The van der Waals surface area contributed by atoms with Crippen LogP contribution in [0, 0.1) is 0 Å². The van der Waals surface area contributed by atoms with Gasteiger partial charge in [0.15, 0.2) is 0 Å². The standard InChI is InChI=1S/C14H18N2O2/c1-3-18-12-6-4-5-11(9-12)13(17)10-14-15-7-8-16(14)2/h4-9,13,17H,3,10H2,1-2H3. The van der Waals surface area contributed by atoms with Crippen LogP contribution in [0.25, 0.3) is 0 Å². The molecule has 0 saturated heterocycles. The molecule has 0 saturated carbocycles. The van der Waals surface area contributed by atoms with Crippen molar-refractivity contribution in [3.05, 3.63) is 48.0 Å². The maximum Gasteiger partial charge on any atom is 0.119 e. The Morgan fingerprint density at radius 2 is 2.28 bits per heavy atom. The Kier molecular flexibility index (Phi) is 3.99. The van der Waals surface area contributed by atoms with E-state index >= 15 is 0 Å². The maximum absolute atomic E-state index is 10.2. The van der Waals surface area contributed by atoms with Gasteiger partial charge < -0.3 is 14.4 Å². The number of hydrogen-bond donors (Lipinski definition) is 1. The molecule has 1 atom stereocenters. The van der Waals surface area contributed by atoms with Gasteiger partial charge in [0.05, 0.1) is 12.7 Å². The molecule has 0 amide bonds. The average molecular weight is 246 g/mol. The molecule has 0 bridgehead atoms. The summed E-state index contributed by atoms with van der Waals surface area (Å²) in [6.07, 6.45) is 3.54. The molecule has 0 spiro atoms. The zero-order valence-corrected chi connectivity index (χ0v) is 10.7. The van der Waals surface area contributed by atoms with E-state index in [9.17, 15) is 5.11 Å². The van der Waals surface area contributed by atoms with E-state index in [4.69, 9.17) is 4.74 Å². The van der Waals surface area contributed by atoms with Gasteiger partial charge in [0.25, 0.3) is 0 Å². The van der Waals surface area contributed by atoms with Crippen molar-refractivity contribution in [3.63, 3.8) is 0 Å². The molecule has 1 N–H and O–H groups in total. The summed E-state index contributed by atoms with van der Waals surface area (Å²) in [6.45, 7) is 2.57. The van der Waals surface area contributed by atoms with Gasteiger partial charge in [-0.1, -0.05) is 12.1 Å². The van der Waals surface area contributed by atoms with Crippen LogP contribution in [0.2, 0.25) is 0 Å². The van der Waals surface area contributed by atoms with E-state index in [-0.39, 0.29) is 0 Å². The van der Waals surface area contributed by atoms with Crippen molar-refractivity contribution in [1.29, 1.82) is 0 Å². The molecule has 18 heavy (non-hydrogen) atoms. The Bertz CT molecular complexity index is 508. The Labute approximate surface area is 107 Å². The van der Waals surface area contributed by atoms with Crippen molar-refractivity contribution in [2.45, 2.75) is 19.4 Å². The Hall–Kier alpha value is -1.81. The molecule has 2 rings (SSSR count). The van der Waals surface area contributed by atoms with Crippen LogP contribution in [0.4, 0.5) is 0 Å². The largest absolute Gasteiger partial charge is 0.494 e. The molecule has 4 nitrogen and oxygen atoms in total. The minimum atomic E-state index is -0.563. The second-order valence-electron chi connectivity index (χ2n) is 4.18. The molecule has 0 fully saturated rings. The highest BCUT2D eigenvalue weighted by Crippen LogP contribution is 2.21. The van der Waals surface area contributed by atoms with Gasteiger partial charge >= 0.3 is 0 Å². The highest BCUT2D eigenvalue weighted by molar-refractivity contribution is 5.30. The van der Waals surface area contributed by atoms with Gasteiger partial charge in [-0.2, -0.15) is 0 Å². The Morgan fingerprint density at radius 1 is 1.44 bits per heavy atom. The van der Waals surface area contributed by atoms with E-state index < -0.39 is 6.10 Å². The van der Waals surface area contributed by atoms with Crippen LogP contribution < -0.4 is 4.74 Å². The lowest BCUT2D eigenvalue weighted by Crippen LogP contribution is -2.07.